The molecule has 37 heavy (non-hydrogen) atoms. The van der Waals surface area contributed by atoms with Gasteiger partial charge in [0.25, 0.3) is 0 Å². The van der Waals surface area contributed by atoms with E-state index in [0.29, 0.717) is 0 Å². The summed E-state index contributed by atoms with van der Waals surface area (Å²) < 4.78 is 0. The van der Waals surface area contributed by atoms with E-state index >= 15 is 0 Å². The molecule has 0 saturated carbocycles. The van der Waals surface area contributed by atoms with Gasteiger partial charge in [0.15, 0.2) is 0 Å². The summed E-state index contributed by atoms with van der Waals surface area (Å²) in [6, 6.07) is 14.2. The minimum atomic E-state index is 0.842. The zero-order valence-corrected chi connectivity index (χ0v) is 20.4. The maximum atomic E-state index is 4.72. The molecule has 0 unspecified atom stereocenters. The molecule has 8 nitrogen and oxygen atoms in total. The standard InChI is InChI=1S/C29H26N8/c1-4-10-37(11-5-1)18-19-12-20(16-30-15-19)25-13-22-27(17-33-25)35-36-29(22)26-14-21-23(34-26)7-9-32-28(21)24-6-2-3-8-31-24/h2-3,6-9,12-17,34H,1,4-5,10-11,18H2,(H,35,36). The Bertz CT molecular complexity index is 1700. The highest BCUT2D eigenvalue weighted by molar-refractivity contribution is 6.00. The number of H-pyrrole nitrogens is 2. The minimum Gasteiger partial charge on any atom is -0.353 e. The Hall–Kier alpha value is -4.43. The van der Waals surface area contributed by atoms with Crippen molar-refractivity contribution in [2.75, 3.05) is 13.1 Å². The highest BCUT2D eigenvalue weighted by atomic mass is 15.1. The van der Waals surface area contributed by atoms with Crippen LogP contribution in [0.15, 0.2) is 73.4 Å². The maximum Gasteiger partial charge on any atom is 0.116 e. The fourth-order valence-corrected chi connectivity index (χ4v) is 5.26. The summed E-state index contributed by atoms with van der Waals surface area (Å²) >= 11 is 0. The third kappa shape index (κ3) is 4.15. The number of piperidine rings is 1. The molecule has 0 aromatic carbocycles. The third-order valence-electron chi connectivity index (χ3n) is 7.10. The Kier molecular flexibility index (Phi) is 5.44. The minimum absolute atomic E-state index is 0.842. The quantitative estimate of drug-likeness (QED) is 0.329. The highest BCUT2D eigenvalue weighted by Gasteiger charge is 2.16. The molecular weight excluding hydrogens is 460 g/mol. The van der Waals surface area contributed by atoms with Crippen molar-refractivity contribution in [3.05, 3.63) is 79.0 Å². The number of pyridine rings is 4. The molecule has 0 bridgehead atoms. The predicted octanol–water partition coefficient (Wildman–Crippen LogP) is 5.61. The molecule has 7 rings (SSSR count). The fraction of sp³-hybridized carbons (Fsp3) is 0.207. The summed E-state index contributed by atoms with van der Waals surface area (Å²) in [5.41, 5.74) is 8.45. The zero-order chi connectivity index (χ0) is 24.6. The third-order valence-corrected chi connectivity index (χ3v) is 7.10. The molecule has 2 N–H and O–H groups in total. The lowest BCUT2D eigenvalue weighted by Crippen LogP contribution is -2.29. The van der Waals surface area contributed by atoms with Crippen molar-refractivity contribution < 1.29 is 0 Å². The van der Waals surface area contributed by atoms with Crippen LogP contribution in [0.3, 0.4) is 0 Å². The van der Waals surface area contributed by atoms with E-state index in [-0.39, 0.29) is 0 Å². The molecule has 0 atom stereocenters. The van der Waals surface area contributed by atoms with E-state index < -0.39 is 0 Å². The molecule has 0 spiro atoms. The Morgan fingerprint density at radius 3 is 2.57 bits per heavy atom. The molecule has 6 aromatic rings. The van der Waals surface area contributed by atoms with E-state index in [9.17, 15) is 0 Å². The largest absolute Gasteiger partial charge is 0.353 e. The second kappa shape index (κ2) is 9.22. The van der Waals surface area contributed by atoms with Gasteiger partial charge in [-0.25, -0.2) is 0 Å². The lowest BCUT2D eigenvalue weighted by molar-refractivity contribution is 0.220. The van der Waals surface area contributed by atoms with Gasteiger partial charge in [-0.15, -0.1) is 0 Å². The van der Waals surface area contributed by atoms with Crippen molar-refractivity contribution in [1.29, 1.82) is 0 Å². The molecule has 8 heteroatoms. The summed E-state index contributed by atoms with van der Waals surface area (Å²) in [7, 11) is 0. The van der Waals surface area contributed by atoms with Crippen molar-refractivity contribution in [3.8, 4) is 34.0 Å². The van der Waals surface area contributed by atoms with Gasteiger partial charge in [-0.3, -0.25) is 29.9 Å². The molecule has 1 aliphatic rings. The van der Waals surface area contributed by atoms with Gasteiger partial charge in [0.1, 0.15) is 5.69 Å². The van der Waals surface area contributed by atoms with Gasteiger partial charge in [-0.2, -0.15) is 5.10 Å². The van der Waals surface area contributed by atoms with Crippen LogP contribution >= 0.6 is 0 Å². The van der Waals surface area contributed by atoms with Gasteiger partial charge in [0, 0.05) is 53.2 Å². The monoisotopic (exact) mass is 486 g/mol. The summed E-state index contributed by atoms with van der Waals surface area (Å²) in [6.07, 6.45) is 13.2. The maximum absolute atomic E-state index is 4.72. The van der Waals surface area contributed by atoms with Crippen molar-refractivity contribution in [2.45, 2.75) is 25.8 Å². The molecule has 1 aliphatic heterocycles. The molecule has 0 radical (unpaired) electrons. The summed E-state index contributed by atoms with van der Waals surface area (Å²) in [5.74, 6) is 0. The van der Waals surface area contributed by atoms with Crippen LogP contribution in [0.2, 0.25) is 0 Å². The second-order valence-electron chi connectivity index (χ2n) is 9.62. The van der Waals surface area contributed by atoms with Gasteiger partial charge in [0.2, 0.25) is 0 Å². The van der Waals surface area contributed by atoms with Gasteiger partial charge in [-0.1, -0.05) is 12.5 Å². The van der Waals surface area contributed by atoms with Gasteiger partial charge in [0.05, 0.1) is 34.5 Å². The van der Waals surface area contributed by atoms with Crippen LogP contribution in [0, 0.1) is 0 Å². The second-order valence-corrected chi connectivity index (χ2v) is 9.62. The lowest BCUT2D eigenvalue weighted by atomic mass is 10.1. The molecule has 6 aromatic heterocycles. The number of rotatable bonds is 5. The SMILES string of the molecule is c1ccc(-c2nccc3[nH]c(-c4n[nH]c5cnc(-c6cncc(CN7CCCCC7)c6)cc45)cc23)nc1. The number of fused-ring (bicyclic) bond motifs is 2. The Labute approximate surface area is 213 Å². The summed E-state index contributed by atoms with van der Waals surface area (Å²) in [4.78, 5) is 24.4. The average Bonchev–Trinajstić information content (AvgIpc) is 3.58. The Morgan fingerprint density at radius 2 is 1.68 bits per heavy atom. The number of nitrogens with one attached hydrogen (secondary N) is 2. The highest BCUT2D eigenvalue weighted by Crippen LogP contribution is 2.33. The molecule has 0 aliphatic carbocycles. The van der Waals surface area contributed by atoms with E-state index in [2.05, 4.69) is 53.2 Å². The number of hydrogen-bond donors (Lipinski definition) is 2. The van der Waals surface area contributed by atoms with Crippen LogP contribution in [-0.2, 0) is 6.54 Å². The van der Waals surface area contributed by atoms with Crippen LogP contribution in [0.4, 0.5) is 0 Å². The lowest BCUT2D eigenvalue weighted by Gasteiger charge is -2.26. The molecule has 7 heterocycles. The van der Waals surface area contributed by atoms with E-state index in [1.165, 1.54) is 24.8 Å². The van der Waals surface area contributed by atoms with E-state index in [0.717, 1.165) is 75.5 Å². The van der Waals surface area contributed by atoms with Gasteiger partial charge < -0.3 is 4.98 Å². The first kappa shape index (κ1) is 21.8. The van der Waals surface area contributed by atoms with Crippen molar-refractivity contribution in [2.24, 2.45) is 0 Å². The number of aromatic nitrogens is 7. The first-order valence-electron chi connectivity index (χ1n) is 12.7. The molecule has 1 fully saturated rings. The normalized spacial score (nSPS) is 14.5. The van der Waals surface area contributed by atoms with Gasteiger partial charge >= 0.3 is 0 Å². The number of likely N-dealkylation sites (tertiary alicyclic amines) is 1. The van der Waals surface area contributed by atoms with E-state index in [1.54, 1.807) is 12.4 Å². The average molecular weight is 487 g/mol. The van der Waals surface area contributed by atoms with Crippen LogP contribution < -0.4 is 0 Å². The van der Waals surface area contributed by atoms with E-state index in [4.69, 9.17) is 4.98 Å². The smallest absolute Gasteiger partial charge is 0.116 e. The van der Waals surface area contributed by atoms with Crippen molar-refractivity contribution >= 4 is 21.8 Å². The number of hydrogen-bond acceptors (Lipinski definition) is 6. The van der Waals surface area contributed by atoms with Crippen molar-refractivity contribution in [1.82, 2.24) is 40.0 Å². The molecular formula is C29H26N8. The van der Waals surface area contributed by atoms with Crippen LogP contribution in [0.5, 0.6) is 0 Å². The number of nitrogens with zero attached hydrogens (tertiary/aromatic N) is 6. The first-order chi connectivity index (χ1) is 18.3. The summed E-state index contributed by atoms with van der Waals surface area (Å²) in [6.45, 7) is 3.26. The molecule has 1 saturated heterocycles. The zero-order valence-electron chi connectivity index (χ0n) is 20.4. The Balaban J connectivity index is 1.26. The van der Waals surface area contributed by atoms with Crippen molar-refractivity contribution in [3.63, 3.8) is 0 Å². The summed E-state index contributed by atoms with van der Waals surface area (Å²) in [5, 5.41) is 9.79. The first-order valence-corrected chi connectivity index (χ1v) is 12.7. The van der Waals surface area contributed by atoms with Gasteiger partial charge in [-0.05, 0) is 67.9 Å². The van der Waals surface area contributed by atoms with E-state index in [1.807, 2.05) is 42.9 Å². The molecule has 182 valence electrons. The van der Waals surface area contributed by atoms with Crippen LogP contribution in [-0.4, -0.2) is 53.1 Å². The topological polar surface area (TPSA) is 99.3 Å². The molecule has 0 amide bonds. The predicted molar refractivity (Wildman–Crippen MR) is 145 cm³/mol. The van der Waals surface area contributed by atoms with Crippen LogP contribution in [0.25, 0.3) is 55.8 Å². The van der Waals surface area contributed by atoms with Crippen LogP contribution in [0.1, 0.15) is 24.8 Å². The Morgan fingerprint density at radius 1 is 0.757 bits per heavy atom. The number of aromatic amines is 2. The fourth-order valence-electron chi connectivity index (χ4n) is 5.26.